The van der Waals surface area contributed by atoms with Gasteiger partial charge in [-0.25, -0.2) is 9.97 Å². The molecular formula is C29H29N9O. The van der Waals surface area contributed by atoms with Gasteiger partial charge in [0.05, 0.1) is 28.5 Å². The second-order valence-corrected chi connectivity index (χ2v) is 9.64. The molecule has 0 atom stereocenters. The van der Waals surface area contributed by atoms with E-state index >= 15 is 0 Å². The molecule has 1 aromatic carbocycles. The molecule has 0 bridgehead atoms. The van der Waals surface area contributed by atoms with Crippen molar-refractivity contribution in [3.05, 3.63) is 78.8 Å². The lowest BCUT2D eigenvalue weighted by molar-refractivity contribution is 0.306. The summed E-state index contributed by atoms with van der Waals surface area (Å²) in [6.45, 7) is 2.46. The highest BCUT2D eigenvalue weighted by Gasteiger charge is 2.18. The zero-order chi connectivity index (χ0) is 27.1. The Labute approximate surface area is 225 Å². The fourth-order valence-electron chi connectivity index (χ4n) is 4.77. The van der Waals surface area contributed by atoms with Gasteiger partial charge in [-0.15, -0.1) is 0 Å². The molecule has 0 fully saturated rings. The maximum absolute atomic E-state index is 6.28. The van der Waals surface area contributed by atoms with Crippen LogP contribution in [0.3, 0.4) is 0 Å². The molecule has 0 aliphatic rings. The van der Waals surface area contributed by atoms with Crippen LogP contribution < -0.4 is 15.4 Å². The van der Waals surface area contributed by atoms with Crippen LogP contribution in [-0.4, -0.2) is 48.4 Å². The van der Waals surface area contributed by atoms with Crippen LogP contribution in [0.15, 0.2) is 67.5 Å². The maximum atomic E-state index is 6.28. The minimum Gasteiger partial charge on any atom is -0.489 e. The van der Waals surface area contributed by atoms with E-state index in [2.05, 4.69) is 44.0 Å². The van der Waals surface area contributed by atoms with Gasteiger partial charge < -0.3 is 15.4 Å². The zero-order valence-corrected chi connectivity index (χ0v) is 22.3. The van der Waals surface area contributed by atoms with Gasteiger partial charge in [-0.1, -0.05) is 6.92 Å². The highest BCUT2D eigenvalue weighted by Crippen LogP contribution is 2.33. The van der Waals surface area contributed by atoms with E-state index in [1.165, 1.54) is 6.33 Å². The molecule has 0 spiro atoms. The van der Waals surface area contributed by atoms with Crippen LogP contribution in [0.2, 0.25) is 0 Å². The average molecular weight is 520 g/mol. The summed E-state index contributed by atoms with van der Waals surface area (Å²) in [6, 6.07) is 12.2. The van der Waals surface area contributed by atoms with Crippen LogP contribution >= 0.6 is 0 Å². The minimum atomic E-state index is 0.351. The van der Waals surface area contributed by atoms with Crippen molar-refractivity contribution in [2.75, 3.05) is 24.7 Å². The molecule has 6 rings (SSSR count). The normalized spacial score (nSPS) is 11.4. The summed E-state index contributed by atoms with van der Waals surface area (Å²) in [5.41, 5.74) is 13.5. The predicted molar refractivity (Wildman–Crippen MR) is 153 cm³/mol. The third-order valence-electron chi connectivity index (χ3n) is 6.72. The molecule has 0 saturated heterocycles. The Morgan fingerprint density at radius 2 is 1.92 bits per heavy atom. The molecule has 0 aliphatic carbocycles. The number of pyridine rings is 2. The van der Waals surface area contributed by atoms with E-state index in [-0.39, 0.29) is 0 Å². The van der Waals surface area contributed by atoms with E-state index in [0.29, 0.717) is 18.1 Å². The van der Waals surface area contributed by atoms with E-state index in [4.69, 9.17) is 15.5 Å². The number of nitrogens with zero attached hydrogens (tertiary/aromatic N) is 8. The van der Waals surface area contributed by atoms with Crippen LogP contribution in [0.1, 0.15) is 18.2 Å². The Balaban J connectivity index is 1.32. The van der Waals surface area contributed by atoms with Gasteiger partial charge in [0.2, 0.25) is 0 Å². The second kappa shape index (κ2) is 9.71. The van der Waals surface area contributed by atoms with Crippen LogP contribution in [0.25, 0.3) is 38.9 Å². The fourth-order valence-corrected chi connectivity index (χ4v) is 4.77. The van der Waals surface area contributed by atoms with Gasteiger partial charge in [-0.3, -0.25) is 19.2 Å². The Morgan fingerprint density at radius 1 is 1.05 bits per heavy atom. The highest BCUT2D eigenvalue weighted by molar-refractivity contribution is 6.00. The summed E-state index contributed by atoms with van der Waals surface area (Å²) < 4.78 is 9.90. The molecule has 0 saturated carbocycles. The number of hydrogen-bond acceptors (Lipinski definition) is 8. The lowest BCUT2D eigenvalue weighted by atomic mass is 10.1. The monoisotopic (exact) mass is 519 g/mol. The van der Waals surface area contributed by atoms with Crippen molar-refractivity contribution in [3.63, 3.8) is 0 Å². The molecule has 10 nitrogen and oxygen atoms in total. The van der Waals surface area contributed by atoms with Gasteiger partial charge in [0, 0.05) is 73.7 Å². The van der Waals surface area contributed by atoms with Crippen LogP contribution in [0.4, 0.5) is 11.5 Å². The van der Waals surface area contributed by atoms with E-state index in [1.807, 2.05) is 62.4 Å². The number of benzene rings is 1. The molecule has 0 unspecified atom stereocenters. The Hall–Kier alpha value is -4.99. The van der Waals surface area contributed by atoms with Gasteiger partial charge in [0.25, 0.3) is 0 Å². The molecule has 2 N–H and O–H groups in total. The maximum Gasteiger partial charge on any atom is 0.150 e. The summed E-state index contributed by atoms with van der Waals surface area (Å²) >= 11 is 0. The summed E-state index contributed by atoms with van der Waals surface area (Å²) in [6.07, 6.45) is 9.80. The van der Waals surface area contributed by atoms with Crippen molar-refractivity contribution < 1.29 is 4.74 Å². The minimum absolute atomic E-state index is 0.351. The smallest absolute Gasteiger partial charge is 0.150 e. The molecule has 10 heteroatoms. The lowest BCUT2D eigenvalue weighted by Crippen LogP contribution is -2.10. The van der Waals surface area contributed by atoms with E-state index in [1.54, 1.807) is 17.1 Å². The number of hydrogen-bond donors (Lipinski definition) is 1. The molecular weight excluding hydrogens is 490 g/mol. The standard InChI is InChI=1S/C29H29N9O/c1-5-19-11-26(36(2)3)22-7-6-21(12-25(22)34-19)39-16-18-10-20(14-31-13-18)38-15-23(24-8-9-37(4)35-24)27-28(30)32-17-33-29(27)38/h6-15,17H,5,16H2,1-4H3,(H2,30,32,33). The first-order valence-corrected chi connectivity index (χ1v) is 12.7. The topological polar surface area (TPSA) is 113 Å². The van der Waals surface area contributed by atoms with Crippen molar-refractivity contribution in [2.45, 2.75) is 20.0 Å². The van der Waals surface area contributed by atoms with E-state index < -0.39 is 0 Å². The van der Waals surface area contributed by atoms with Crippen molar-refractivity contribution in [3.8, 4) is 22.7 Å². The average Bonchev–Trinajstić information content (AvgIpc) is 3.55. The Bertz CT molecular complexity index is 1820. The van der Waals surface area contributed by atoms with Gasteiger partial charge in [-0.05, 0) is 36.8 Å². The first kappa shape index (κ1) is 24.4. The predicted octanol–water partition coefficient (Wildman–Crippen LogP) is 4.55. The number of anilines is 2. The molecule has 6 aromatic rings. The molecule has 5 heterocycles. The Morgan fingerprint density at radius 3 is 2.69 bits per heavy atom. The van der Waals surface area contributed by atoms with Crippen LogP contribution in [0.5, 0.6) is 5.75 Å². The third kappa shape index (κ3) is 4.50. The second-order valence-electron chi connectivity index (χ2n) is 9.64. The van der Waals surface area contributed by atoms with Gasteiger partial charge in [0.1, 0.15) is 24.5 Å². The van der Waals surface area contributed by atoms with E-state index in [0.717, 1.165) is 62.3 Å². The molecule has 39 heavy (non-hydrogen) atoms. The first-order valence-electron chi connectivity index (χ1n) is 12.7. The summed E-state index contributed by atoms with van der Waals surface area (Å²) in [5, 5.41) is 6.41. The highest BCUT2D eigenvalue weighted by atomic mass is 16.5. The SMILES string of the molecule is CCc1cc(N(C)C)c2ccc(OCc3cncc(-n4cc(-c5ccn(C)n5)c5c(N)ncnc54)c3)cc2n1. The molecule has 0 amide bonds. The summed E-state index contributed by atoms with van der Waals surface area (Å²) in [7, 11) is 5.98. The molecule has 0 radical (unpaired) electrons. The number of nitrogens with two attached hydrogens (primary N) is 1. The van der Waals surface area contributed by atoms with Crippen LogP contribution in [-0.2, 0) is 20.1 Å². The number of aromatic nitrogens is 7. The number of ether oxygens (including phenoxy) is 1. The molecule has 0 aliphatic heterocycles. The Kier molecular flexibility index (Phi) is 6.07. The summed E-state index contributed by atoms with van der Waals surface area (Å²) in [5.74, 6) is 1.16. The van der Waals surface area contributed by atoms with Gasteiger partial charge in [0.15, 0.2) is 5.65 Å². The lowest BCUT2D eigenvalue weighted by Gasteiger charge is -2.17. The number of fused-ring (bicyclic) bond motifs is 2. The zero-order valence-electron chi connectivity index (χ0n) is 22.3. The van der Waals surface area contributed by atoms with E-state index in [9.17, 15) is 0 Å². The number of aryl methyl sites for hydroxylation is 2. The van der Waals surface area contributed by atoms with Crippen molar-refractivity contribution >= 4 is 33.4 Å². The summed E-state index contributed by atoms with van der Waals surface area (Å²) in [4.78, 5) is 20.1. The number of rotatable bonds is 7. The van der Waals surface area contributed by atoms with Gasteiger partial charge >= 0.3 is 0 Å². The fraction of sp³-hybridized carbons (Fsp3) is 0.207. The van der Waals surface area contributed by atoms with Crippen LogP contribution in [0, 0.1) is 0 Å². The first-order chi connectivity index (χ1) is 18.9. The number of nitrogen functional groups attached to an aromatic ring is 1. The quantitative estimate of drug-likeness (QED) is 0.327. The largest absolute Gasteiger partial charge is 0.489 e. The molecule has 5 aromatic heterocycles. The van der Waals surface area contributed by atoms with Gasteiger partial charge in [-0.2, -0.15) is 5.10 Å². The van der Waals surface area contributed by atoms with Crippen molar-refractivity contribution in [1.82, 2.24) is 34.3 Å². The molecule has 196 valence electrons. The van der Waals surface area contributed by atoms with Crippen molar-refractivity contribution in [1.29, 1.82) is 0 Å². The third-order valence-corrected chi connectivity index (χ3v) is 6.72. The van der Waals surface area contributed by atoms with Crippen molar-refractivity contribution in [2.24, 2.45) is 7.05 Å².